The molecule has 0 fully saturated rings. The van der Waals surface area contributed by atoms with Gasteiger partial charge in [-0.1, -0.05) is 64.5 Å². The zero-order valence-electron chi connectivity index (χ0n) is 15.0. The number of hydrogen-bond acceptors (Lipinski definition) is 3. The molecule has 3 aromatic carbocycles. The molecule has 1 amide bonds. The summed E-state index contributed by atoms with van der Waals surface area (Å²) in [4.78, 5) is 25.6. The fourth-order valence-corrected chi connectivity index (χ4v) is 3.67. The predicted octanol–water partition coefficient (Wildman–Crippen LogP) is 5.78. The van der Waals surface area contributed by atoms with E-state index in [1.165, 1.54) is 0 Å². The van der Waals surface area contributed by atoms with E-state index in [1.54, 1.807) is 18.2 Å². The molecule has 0 saturated heterocycles. The molecule has 4 nitrogen and oxygen atoms in total. The monoisotopic (exact) mass is 433 g/mol. The maximum absolute atomic E-state index is 13.1. The third-order valence-corrected chi connectivity index (χ3v) is 5.04. The quantitative estimate of drug-likeness (QED) is 0.445. The van der Waals surface area contributed by atoms with Crippen LogP contribution in [0.15, 0.2) is 86.5 Å². The average molecular weight is 434 g/mol. The van der Waals surface area contributed by atoms with Crippen molar-refractivity contribution in [2.45, 2.75) is 6.92 Å². The number of rotatable bonds is 3. The largest absolute Gasteiger partial charge is 0.416 e. The van der Waals surface area contributed by atoms with Crippen molar-refractivity contribution in [3.63, 3.8) is 0 Å². The van der Waals surface area contributed by atoms with Gasteiger partial charge in [-0.05, 0) is 42.3 Å². The lowest BCUT2D eigenvalue weighted by atomic mass is 9.98. The number of fused-ring (bicyclic) bond motifs is 1. The van der Waals surface area contributed by atoms with Gasteiger partial charge < -0.3 is 9.73 Å². The van der Waals surface area contributed by atoms with E-state index in [0.29, 0.717) is 22.0 Å². The van der Waals surface area contributed by atoms with Crippen LogP contribution in [0.4, 0.5) is 5.69 Å². The predicted molar refractivity (Wildman–Crippen MR) is 115 cm³/mol. The maximum atomic E-state index is 13.1. The Kier molecular flexibility index (Phi) is 4.84. The molecule has 0 atom stereocenters. The van der Waals surface area contributed by atoms with E-state index in [2.05, 4.69) is 21.2 Å². The van der Waals surface area contributed by atoms with Crippen molar-refractivity contribution >= 4 is 38.3 Å². The van der Waals surface area contributed by atoms with Crippen LogP contribution in [0.2, 0.25) is 0 Å². The zero-order valence-corrected chi connectivity index (χ0v) is 16.6. The summed E-state index contributed by atoms with van der Waals surface area (Å²) in [6, 6.07) is 22.2. The SMILES string of the molecule is Cc1cc(Br)ccc1NC(=O)c1oc(=O)c2ccccc2c1-c1ccccc1. The molecule has 1 aromatic heterocycles. The highest BCUT2D eigenvalue weighted by atomic mass is 79.9. The number of hydrogen-bond donors (Lipinski definition) is 1. The second kappa shape index (κ2) is 7.44. The highest BCUT2D eigenvalue weighted by Gasteiger charge is 2.21. The van der Waals surface area contributed by atoms with E-state index in [1.807, 2.05) is 61.5 Å². The van der Waals surface area contributed by atoms with Crippen LogP contribution in [0.1, 0.15) is 16.1 Å². The standard InChI is InChI=1S/C23H16BrNO3/c1-14-13-16(24)11-12-19(14)25-22(26)21-20(15-7-3-2-4-8-15)17-9-5-6-10-18(17)23(27)28-21/h2-13H,1H3,(H,25,26). The van der Waals surface area contributed by atoms with Gasteiger partial charge in [0.15, 0.2) is 0 Å². The number of carbonyl (C=O) groups excluding carboxylic acids is 1. The molecule has 0 bridgehead atoms. The van der Waals surface area contributed by atoms with Gasteiger partial charge in [-0.25, -0.2) is 4.79 Å². The van der Waals surface area contributed by atoms with Crippen molar-refractivity contribution in [2.24, 2.45) is 0 Å². The van der Waals surface area contributed by atoms with Crippen LogP contribution in [0.5, 0.6) is 0 Å². The Labute approximate surface area is 170 Å². The Bertz CT molecular complexity index is 1250. The van der Waals surface area contributed by atoms with Gasteiger partial charge in [0, 0.05) is 21.1 Å². The van der Waals surface area contributed by atoms with Gasteiger partial charge in [-0.2, -0.15) is 0 Å². The van der Waals surface area contributed by atoms with Crippen LogP contribution < -0.4 is 10.9 Å². The number of aryl methyl sites for hydroxylation is 1. The van der Waals surface area contributed by atoms with Crippen molar-refractivity contribution in [1.82, 2.24) is 0 Å². The Balaban J connectivity index is 1.91. The van der Waals surface area contributed by atoms with E-state index in [9.17, 15) is 9.59 Å². The summed E-state index contributed by atoms with van der Waals surface area (Å²) in [7, 11) is 0. The highest BCUT2D eigenvalue weighted by Crippen LogP contribution is 2.31. The molecule has 0 aliphatic rings. The number of halogens is 1. The summed E-state index contributed by atoms with van der Waals surface area (Å²) in [6.45, 7) is 1.90. The lowest BCUT2D eigenvalue weighted by Crippen LogP contribution is -2.17. The second-order valence-corrected chi connectivity index (χ2v) is 7.33. The van der Waals surface area contributed by atoms with Gasteiger partial charge in [0.1, 0.15) is 0 Å². The van der Waals surface area contributed by atoms with Gasteiger partial charge in [0.2, 0.25) is 5.76 Å². The lowest BCUT2D eigenvalue weighted by molar-refractivity contribution is 0.0994. The average Bonchev–Trinajstić information content (AvgIpc) is 2.70. The van der Waals surface area contributed by atoms with Gasteiger partial charge in [-0.3, -0.25) is 4.79 Å². The zero-order chi connectivity index (χ0) is 19.7. The molecule has 0 saturated carbocycles. The molecular formula is C23H16BrNO3. The first-order valence-corrected chi connectivity index (χ1v) is 9.52. The van der Waals surface area contributed by atoms with E-state index in [4.69, 9.17) is 4.42 Å². The first kappa shape index (κ1) is 18.2. The van der Waals surface area contributed by atoms with Gasteiger partial charge >= 0.3 is 5.63 Å². The molecule has 0 radical (unpaired) electrons. The minimum atomic E-state index is -0.534. The minimum absolute atomic E-state index is 0.00258. The highest BCUT2D eigenvalue weighted by molar-refractivity contribution is 9.10. The molecule has 1 heterocycles. The van der Waals surface area contributed by atoms with Crippen LogP contribution in [-0.4, -0.2) is 5.91 Å². The first-order valence-electron chi connectivity index (χ1n) is 8.73. The summed E-state index contributed by atoms with van der Waals surface area (Å²) >= 11 is 3.41. The van der Waals surface area contributed by atoms with Gasteiger partial charge in [0.25, 0.3) is 5.91 Å². The van der Waals surface area contributed by atoms with Crippen molar-refractivity contribution in [3.05, 3.63) is 99.0 Å². The smallest absolute Gasteiger partial charge is 0.344 e. The van der Waals surface area contributed by atoms with Crippen molar-refractivity contribution in [1.29, 1.82) is 0 Å². The van der Waals surface area contributed by atoms with Crippen LogP contribution in [0.3, 0.4) is 0 Å². The summed E-state index contributed by atoms with van der Waals surface area (Å²) in [5, 5.41) is 3.99. The second-order valence-electron chi connectivity index (χ2n) is 6.42. The number of nitrogens with one attached hydrogen (secondary N) is 1. The van der Waals surface area contributed by atoms with Crippen molar-refractivity contribution < 1.29 is 9.21 Å². The molecule has 0 aliphatic carbocycles. The molecule has 138 valence electrons. The number of anilines is 1. The molecule has 1 N–H and O–H groups in total. The third-order valence-electron chi connectivity index (χ3n) is 4.54. The Hall–Kier alpha value is -3.18. The molecule has 28 heavy (non-hydrogen) atoms. The van der Waals surface area contributed by atoms with Gasteiger partial charge in [-0.15, -0.1) is 0 Å². The summed E-state index contributed by atoms with van der Waals surface area (Å²) in [5.41, 5.74) is 2.42. The fourth-order valence-electron chi connectivity index (χ4n) is 3.20. The van der Waals surface area contributed by atoms with Gasteiger partial charge in [0.05, 0.1) is 5.39 Å². The van der Waals surface area contributed by atoms with E-state index in [-0.39, 0.29) is 5.76 Å². The molecule has 4 rings (SSSR count). The Morgan fingerprint density at radius 1 is 0.929 bits per heavy atom. The molecule has 4 aromatic rings. The number of amides is 1. The Morgan fingerprint density at radius 3 is 2.32 bits per heavy atom. The lowest BCUT2D eigenvalue weighted by Gasteiger charge is -2.13. The van der Waals surface area contributed by atoms with Crippen molar-refractivity contribution in [2.75, 3.05) is 5.32 Å². The van der Waals surface area contributed by atoms with E-state index < -0.39 is 11.5 Å². The first-order chi connectivity index (χ1) is 13.5. The van der Waals surface area contributed by atoms with Crippen molar-refractivity contribution in [3.8, 4) is 11.1 Å². The van der Waals surface area contributed by atoms with E-state index in [0.717, 1.165) is 15.6 Å². The van der Waals surface area contributed by atoms with Crippen LogP contribution in [0, 0.1) is 6.92 Å². The molecule has 0 spiro atoms. The minimum Gasteiger partial charge on any atom is -0.416 e. The Morgan fingerprint density at radius 2 is 1.61 bits per heavy atom. The fraction of sp³-hybridized carbons (Fsp3) is 0.0435. The number of carbonyl (C=O) groups is 1. The normalized spacial score (nSPS) is 10.8. The molecule has 0 aliphatic heterocycles. The van der Waals surface area contributed by atoms with E-state index >= 15 is 0 Å². The van der Waals surface area contributed by atoms with Crippen LogP contribution >= 0.6 is 15.9 Å². The van der Waals surface area contributed by atoms with Crippen LogP contribution in [0.25, 0.3) is 21.9 Å². The summed E-state index contributed by atoms with van der Waals surface area (Å²) in [5.74, 6) is -0.468. The topological polar surface area (TPSA) is 59.3 Å². The molecular weight excluding hydrogens is 418 g/mol. The summed E-state index contributed by atoms with van der Waals surface area (Å²) in [6.07, 6.45) is 0. The molecule has 0 unspecified atom stereocenters. The summed E-state index contributed by atoms with van der Waals surface area (Å²) < 4.78 is 6.42. The number of benzene rings is 3. The van der Waals surface area contributed by atoms with Crippen LogP contribution in [-0.2, 0) is 0 Å². The maximum Gasteiger partial charge on any atom is 0.344 e. The molecule has 5 heteroatoms. The third kappa shape index (κ3) is 3.37.